The summed E-state index contributed by atoms with van der Waals surface area (Å²) < 4.78 is 31.7. The van der Waals surface area contributed by atoms with Crippen LogP contribution in [0.4, 0.5) is 13.2 Å². The van der Waals surface area contributed by atoms with Crippen LogP contribution in [0.5, 0.6) is 0 Å². The molecule has 1 amide bonds. The zero-order valence-corrected chi connectivity index (χ0v) is 11.1. The van der Waals surface area contributed by atoms with Gasteiger partial charge < -0.3 is 15.3 Å². The molecule has 2 N–H and O–H groups in total. The summed E-state index contributed by atoms with van der Waals surface area (Å²) in [5.41, 5.74) is 0.786. The van der Waals surface area contributed by atoms with E-state index in [4.69, 9.17) is 9.90 Å². The Morgan fingerprint density at radius 2 is 1.57 bits per heavy atom. The van der Waals surface area contributed by atoms with Crippen LogP contribution < -0.4 is 5.32 Å². The molecular formula is C13H15F3N2O3. The highest BCUT2D eigenvalue weighted by Crippen LogP contribution is 2.13. The van der Waals surface area contributed by atoms with E-state index in [2.05, 4.69) is 5.32 Å². The van der Waals surface area contributed by atoms with Gasteiger partial charge in [0.15, 0.2) is 0 Å². The smallest absolute Gasteiger partial charge is 0.475 e. The van der Waals surface area contributed by atoms with Crippen LogP contribution >= 0.6 is 0 Å². The van der Waals surface area contributed by atoms with Crippen molar-refractivity contribution in [3.8, 4) is 0 Å². The van der Waals surface area contributed by atoms with Crippen LogP contribution in [0.2, 0.25) is 0 Å². The lowest BCUT2D eigenvalue weighted by atomic mass is 10.2. The van der Waals surface area contributed by atoms with E-state index < -0.39 is 12.1 Å². The van der Waals surface area contributed by atoms with Gasteiger partial charge in [-0.05, 0) is 12.1 Å². The second-order valence-corrected chi connectivity index (χ2v) is 4.21. The van der Waals surface area contributed by atoms with Crippen LogP contribution in [-0.2, 0) is 4.79 Å². The van der Waals surface area contributed by atoms with Crippen LogP contribution in [-0.4, -0.2) is 54.2 Å². The molecule has 116 valence electrons. The Bertz CT molecular complexity index is 471. The number of amides is 1. The summed E-state index contributed by atoms with van der Waals surface area (Å²) in [4.78, 5) is 22.7. The molecule has 21 heavy (non-hydrogen) atoms. The second-order valence-electron chi connectivity index (χ2n) is 4.21. The fourth-order valence-corrected chi connectivity index (χ4v) is 1.63. The molecule has 0 spiro atoms. The van der Waals surface area contributed by atoms with Crippen LogP contribution in [0, 0.1) is 0 Å². The van der Waals surface area contributed by atoms with Gasteiger partial charge in [0.2, 0.25) is 0 Å². The quantitative estimate of drug-likeness (QED) is 0.822. The molecule has 0 atom stereocenters. The number of benzene rings is 1. The van der Waals surface area contributed by atoms with Crippen molar-refractivity contribution in [2.45, 2.75) is 6.18 Å². The van der Waals surface area contributed by atoms with E-state index in [-0.39, 0.29) is 5.91 Å². The highest BCUT2D eigenvalue weighted by molar-refractivity contribution is 5.94. The number of carboxylic acid groups (broad SMARTS) is 1. The molecule has 8 heteroatoms. The largest absolute Gasteiger partial charge is 0.490 e. The molecule has 0 saturated carbocycles. The molecule has 0 unspecified atom stereocenters. The minimum atomic E-state index is -5.08. The number of aliphatic carboxylic acids is 1. The lowest BCUT2D eigenvalue weighted by molar-refractivity contribution is -0.192. The maximum Gasteiger partial charge on any atom is 0.490 e. The SMILES string of the molecule is O=C(O)C(F)(F)F.O=C(c1ccccc1)N1CCNCC1. The third-order valence-corrected chi connectivity index (χ3v) is 2.67. The van der Waals surface area contributed by atoms with E-state index in [1.54, 1.807) is 0 Å². The van der Waals surface area contributed by atoms with Gasteiger partial charge in [0.1, 0.15) is 0 Å². The minimum Gasteiger partial charge on any atom is -0.475 e. The first-order valence-electron chi connectivity index (χ1n) is 6.17. The first kappa shape index (κ1) is 17.0. The number of rotatable bonds is 1. The van der Waals surface area contributed by atoms with E-state index in [1.165, 1.54) is 0 Å². The maximum atomic E-state index is 11.9. The van der Waals surface area contributed by atoms with Crippen molar-refractivity contribution in [2.75, 3.05) is 26.2 Å². The predicted octanol–water partition coefficient (Wildman–Crippen LogP) is 1.37. The molecule has 2 rings (SSSR count). The Morgan fingerprint density at radius 1 is 1.10 bits per heavy atom. The Kier molecular flexibility index (Phi) is 6.16. The van der Waals surface area contributed by atoms with E-state index in [0.717, 1.165) is 31.7 Å². The lowest BCUT2D eigenvalue weighted by Gasteiger charge is -2.27. The average molecular weight is 304 g/mol. The third kappa shape index (κ3) is 5.82. The van der Waals surface area contributed by atoms with Gasteiger partial charge in [-0.15, -0.1) is 0 Å². The van der Waals surface area contributed by atoms with Gasteiger partial charge >= 0.3 is 12.1 Å². The van der Waals surface area contributed by atoms with E-state index >= 15 is 0 Å². The van der Waals surface area contributed by atoms with Gasteiger partial charge in [0.05, 0.1) is 0 Å². The summed E-state index contributed by atoms with van der Waals surface area (Å²) in [5.74, 6) is -2.61. The first-order chi connectivity index (χ1) is 9.82. The molecule has 0 radical (unpaired) electrons. The maximum absolute atomic E-state index is 11.9. The standard InChI is InChI=1S/C11H14N2O.C2HF3O2/c14-11(10-4-2-1-3-5-10)13-8-6-12-7-9-13;3-2(4,5)1(6)7/h1-5,12H,6-9H2;(H,6,7). The number of alkyl halides is 3. The molecule has 5 nitrogen and oxygen atoms in total. The van der Waals surface area contributed by atoms with Gasteiger partial charge in [0, 0.05) is 31.7 Å². The van der Waals surface area contributed by atoms with Crippen molar-refractivity contribution in [1.29, 1.82) is 0 Å². The van der Waals surface area contributed by atoms with Crippen LogP contribution in [0.3, 0.4) is 0 Å². The van der Waals surface area contributed by atoms with Crippen LogP contribution in [0.15, 0.2) is 30.3 Å². The Hall–Kier alpha value is -2.09. The average Bonchev–Trinajstić information content (AvgIpc) is 2.48. The van der Waals surface area contributed by atoms with Gasteiger partial charge in [-0.25, -0.2) is 4.79 Å². The lowest BCUT2D eigenvalue weighted by Crippen LogP contribution is -2.46. The molecule has 1 heterocycles. The number of carbonyl (C=O) groups excluding carboxylic acids is 1. The number of hydrogen-bond acceptors (Lipinski definition) is 3. The fraction of sp³-hybridized carbons (Fsp3) is 0.385. The van der Waals surface area contributed by atoms with Crippen molar-refractivity contribution >= 4 is 11.9 Å². The normalized spacial score (nSPS) is 14.9. The van der Waals surface area contributed by atoms with E-state index in [9.17, 15) is 18.0 Å². The van der Waals surface area contributed by atoms with Crippen molar-refractivity contribution in [3.05, 3.63) is 35.9 Å². The number of halogens is 3. The van der Waals surface area contributed by atoms with Gasteiger partial charge in [0.25, 0.3) is 5.91 Å². The summed E-state index contributed by atoms with van der Waals surface area (Å²) in [6.45, 7) is 3.43. The molecule has 1 aliphatic rings. The molecule has 1 saturated heterocycles. The van der Waals surface area contributed by atoms with Gasteiger partial charge in [-0.2, -0.15) is 13.2 Å². The van der Waals surface area contributed by atoms with Crippen LogP contribution in [0.25, 0.3) is 0 Å². The van der Waals surface area contributed by atoms with E-state index in [1.807, 2.05) is 35.2 Å². The summed E-state index contributed by atoms with van der Waals surface area (Å²) >= 11 is 0. The Balaban J connectivity index is 0.000000270. The molecule has 1 aliphatic heterocycles. The van der Waals surface area contributed by atoms with E-state index in [0.29, 0.717) is 0 Å². The summed E-state index contributed by atoms with van der Waals surface area (Å²) in [6, 6.07) is 9.45. The minimum absolute atomic E-state index is 0.145. The van der Waals surface area contributed by atoms with Gasteiger partial charge in [-0.1, -0.05) is 18.2 Å². The molecule has 1 aromatic rings. The topological polar surface area (TPSA) is 69.6 Å². The number of piperazine rings is 1. The zero-order valence-electron chi connectivity index (χ0n) is 11.1. The number of hydrogen-bond donors (Lipinski definition) is 2. The second kappa shape index (κ2) is 7.63. The summed E-state index contributed by atoms with van der Waals surface area (Å²) in [5, 5.41) is 10.4. The van der Waals surface area contributed by atoms with Crippen LogP contribution in [0.1, 0.15) is 10.4 Å². The molecule has 0 aromatic heterocycles. The number of nitrogens with one attached hydrogen (secondary N) is 1. The van der Waals surface area contributed by atoms with Crippen molar-refractivity contribution < 1.29 is 27.9 Å². The first-order valence-corrected chi connectivity index (χ1v) is 6.17. The highest BCUT2D eigenvalue weighted by atomic mass is 19.4. The molecule has 0 bridgehead atoms. The van der Waals surface area contributed by atoms with Crippen molar-refractivity contribution in [1.82, 2.24) is 10.2 Å². The fourth-order valence-electron chi connectivity index (χ4n) is 1.63. The third-order valence-electron chi connectivity index (χ3n) is 2.67. The Morgan fingerprint density at radius 3 is 2.00 bits per heavy atom. The number of nitrogens with zero attached hydrogens (tertiary/aromatic N) is 1. The highest BCUT2D eigenvalue weighted by Gasteiger charge is 2.38. The molecule has 0 aliphatic carbocycles. The predicted molar refractivity (Wildman–Crippen MR) is 68.9 cm³/mol. The Labute approximate surface area is 119 Å². The zero-order chi connectivity index (χ0) is 15.9. The number of carbonyl (C=O) groups is 2. The molecule has 1 fully saturated rings. The van der Waals surface area contributed by atoms with Gasteiger partial charge in [-0.3, -0.25) is 4.79 Å². The summed E-state index contributed by atoms with van der Waals surface area (Å²) in [7, 11) is 0. The molecular weight excluding hydrogens is 289 g/mol. The molecule has 1 aromatic carbocycles. The van der Waals surface area contributed by atoms with Crippen molar-refractivity contribution in [2.24, 2.45) is 0 Å². The number of carboxylic acids is 1. The summed E-state index contributed by atoms with van der Waals surface area (Å²) in [6.07, 6.45) is -5.08. The van der Waals surface area contributed by atoms with Crippen molar-refractivity contribution in [3.63, 3.8) is 0 Å². The monoisotopic (exact) mass is 304 g/mol.